The topological polar surface area (TPSA) is 44.3 Å². The Hall–Kier alpha value is -3.08. The molecule has 0 bridgehead atoms. The lowest BCUT2D eigenvalue weighted by Gasteiger charge is -2.36. The van der Waals surface area contributed by atoms with Gasteiger partial charge in [0.1, 0.15) is 5.82 Å². The molecule has 5 heteroatoms. The van der Waals surface area contributed by atoms with Crippen molar-refractivity contribution in [2.24, 2.45) is 0 Å². The van der Waals surface area contributed by atoms with Gasteiger partial charge in [0, 0.05) is 43.8 Å². The van der Waals surface area contributed by atoms with Crippen molar-refractivity contribution in [3.05, 3.63) is 72.4 Å². The van der Waals surface area contributed by atoms with Gasteiger partial charge >= 0.3 is 0 Å². The van der Waals surface area contributed by atoms with Gasteiger partial charge in [0.15, 0.2) is 0 Å². The molecule has 0 unspecified atom stereocenters. The third-order valence-corrected chi connectivity index (χ3v) is 5.35. The van der Waals surface area contributed by atoms with Gasteiger partial charge in [-0.25, -0.2) is 4.98 Å². The van der Waals surface area contributed by atoms with E-state index < -0.39 is 0 Å². The van der Waals surface area contributed by atoms with Crippen molar-refractivity contribution in [3.63, 3.8) is 0 Å². The van der Waals surface area contributed by atoms with Crippen LogP contribution in [0.3, 0.4) is 0 Å². The van der Waals surface area contributed by atoms with E-state index in [0.717, 1.165) is 43.6 Å². The van der Waals surface area contributed by atoms with Crippen LogP contribution in [0.25, 0.3) is 0 Å². The Morgan fingerprint density at radius 3 is 2.10 bits per heavy atom. The zero-order valence-electron chi connectivity index (χ0n) is 17.5. The van der Waals surface area contributed by atoms with E-state index in [9.17, 15) is 0 Å². The molecule has 1 aliphatic rings. The van der Waals surface area contributed by atoms with E-state index in [4.69, 9.17) is 4.98 Å². The largest absolute Gasteiger partial charge is 0.368 e. The van der Waals surface area contributed by atoms with Gasteiger partial charge in [-0.1, -0.05) is 51.1 Å². The van der Waals surface area contributed by atoms with Crippen molar-refractivity contribution in [1.82, 2.24) is 9.97 Å². The highest BCUT2D eigenvalue weighted by Crippen LogP contribution is 2.25. The van der Waals surface area contributed by atoms with Crippen LogP contribution >= 0.6 is 0 Å². The molecular weight excluding hydrogens is 358 g/mol. The monoisotopic (exact) mass is 387 g/mol. The summed E-state index contributed by atoms with van der Waals surface area (Å²) in [6.07, 6.45) is 1.83. The first-order chi connectivity index (χ1) is 14.0. The molecule has 2 heterocycles. The van der Waals surface area contributed by atoms with Crippen molar-refractivity contribution in [2.75, 3.05) is 41.3 Å². The molecule has 0 amide bonds. The number of piperazine rings is 1. The molecule has 1 saturated heterocycles. The van der Waals surface area contributed by atoms with Gasteiger partial charge in [0.2, 0.25) is 5.95 Å². The van der Waals surface area contributed by atoms with Gasteiger partial charge in [0.25, 0.3) is 0 Å². The van der Waals surface area contributed by atoms with Gasteiger partial charge in [-0.2, -0.15) is 4.98 Å². The molecule has 1 fully saturated rings. The number of anilines is 4. The zero-order chi connectivity index (χ0) is 20.3. The molecule has 4 rings (SSSR count). The number of hydrogen-bond acceptors (Lipinski definition) is 5. The van der Waals surface area contributed by atoms with Crippen LogP contribution in [0.2, 0.25) is 0 Å². The summed E-state index contributed by atoms with van der Waals surface area (Å²) in [6, 6.07) is 21.1. The molecule has 3 aromatic rings. The molecule has 2 aromatic carbocycles. The van der Waals surface area contributed by atoms with Crippen molar-refractivity contribution in [2.45, 2.75) is 26.2 Å². The molecule has 0 saturated carbocycles. The highest BCUT2D eigenvalue weighted by atomic mass is 15.3. The second-order valence-electron chi connectivity index (χ2n) is 8.50. The minimum atomic E-state index is 0.155. The minimum absolute atomic E-state index is 0.155. The summed E-state index contributed by atoms with van der Waals surface area (Å²) in [4.78, 5) is 13.9. The third kappa shape index (κ3) is 4.67. The predicted molar refractivity (Wildman–Crippen MR) is 121 cm³/mol. The third-order valence-electron chi connectivity index (χ3n) is 5.35. The Morgan fingerprint density at radius 1 is 0.793 bits per heavy atom. The number of para-hydroxylation sites is 1. The van der Waals surface area contributed by atoms with Crippen molar-refractivity contribution < 1.29 is 0 Å². The smallest absolute Gasteiger partial charge is 0.227 e. The summed E-state index contributed by atoms with van der Waals surface area (Å²) in [5.41, 5.74) is 3.80. The van der Waals surface area contributed by atoms with Crippen LogP contribution in [-0.4, -0.2) is 36.1 Å². The molecule has 0 aliphatic carbocycles. The lowest BCUT2D eigenvalue weighted by molar-refractivity contribution is 0.590. The van der Waals surface area contributed by atoms with E-state index >= 15 is 0 Å². The number of aromatic nitrogens is 2. The van der Waals surface area contributed by atoms with E-state index in [1.807, 2.05) is 12.3 Å². The second kappa shape index (κ2) is 8.11. The van der Waals surface area contributed by atoms with E-state index in [1.54, 1.807) is 0 Å². The Kier molecular flexibility index (Phi) is 5.38. The zero-order valence-corrected chi connectivity index (χ0v) is 17.5. The first kappa shape index (κ1) is 19.2. The van der Waals surface area contributed by atoms with Crippen LogP contribution in [0.5, 0.6) is 0 Å². The predicted octanol–water partition coefficient (Wildman–Crippen LogP) is 4.84. The Bertz CT molecular complexity index is 923. The normalized spacial score (nSPS) is 14.7. The van der Waals surface area contributed by atoms with Crippen LogP contribution < -0.4 is 15.1 Å². The molecule has 150 valence electrons. The lowest BCUT2D eigenvalue weighted by atomic mass is 9.87. The van der Waals surface area contributed by atoms with E-state index in [1.165, 1.54) is 11.3 Å². The van der Waals surface area contributed by atoms with Crippen molar-refractivity contribution in [3.8, 4) is 0 Å². The summed E-state index contributed by atoms with van der Waals surface area (Å²) in [7, 11) is 0. The van der Waals surface area contributed by atoms with Crippen molar-refractivity contribution in [1.29, 1.82) is 0 Å². The summed E-state index contributed by atoms with van der Waals surface area (Å²) in [6.45, 7) is 10.5. The Balaban J connectivity index is 1.40. The van der Waals surface area contributed by atoms with Crippen LogP contribution in [0, 0.1) is 0 Å². The summed E-state index contributed by atoms with van der Waals surface area (Å²) < 4.78 is 0. The van der Waals surface area contributed by atoms with Gasteiger partial charge in [0.05, 0.1) is 0 Å². The van der Waals surface area contributed by atoms with Gasteiger partial charge in [-0.3, -0.25) is 0 Å². The number of hydrogen-bond donors (Lipinski definition) is 1. The van der Waals surface area contributed by atoms with Gasteiger partial charge in [-0.05, 0) is 41.3 Å². The fourth-order valence-corrected chi connectivity index (χ4v) is 3.58. The number of benzene rings is 2. The maximum Gasteiger partial charge on any atom is 0.227 e. The van der Waals surface area contributed by atoms with E-state index in [-0.39, 0.29) is 5.41 Å². The lowest BCUT2D eigenvalue weighted by Crippen LogP contribution is -2.47. The highest BCUT2D eigenvalue weighted by Gasteiger charge is 2.19. The Labute approximate surface area is 173 Å². The van der Waals surface area contributed by atoms with Crippen LogP contribution in [-0.2, 0) is 5.41 Å². The molecule has 0 spiro atoms. The number of nitrogens with zero attached hydrogens (tertiary/aromatic N) is 4. The number of rotatable bonds is 4. The molecule has 1 aliphatic heterocycles. The van der Waals surface area contributed by atoms with E-state index in [0.29, 0.717) is 0 Å². The first-order valence-corrected chi connectivity index (χ1v) is 10.2. The van der Waals surface area contributed by atoms with Gasteiger partial charge in [-0.15, -0.1) is 0 Å². The molecule has 1 aromatic heterocycles. The molecular formula is C24H29N5. The fourth-order valence-electron chi connectivity index (χ4n) is 3.58. The molecule has 1 N–H and O–H groups in total. The van der Waals surface area contributed by atoms with E-state index in [2.05, 4.69) is 95.5 Å². The maximum atomic E-state index is 4.75. The molecule has 5 nitrogen and oxygen atoms in total. The fraction of sp³-hybridized carbons (Fsp3) is 0.333. The average Bonchev–Trinajstić information content (AvgIpc) is 2.74. The summed E-state index contributed by atoms with van der Waals surface area (Å²) in [5.74, 6) is 1.61. The molecule has 0 atom stereocenters. The van der Waals surface area contributed by atoms with Crippen LogP contribution in [0.15, 0.2) is 66.9 Å². The average molecular weight is 388 g/mol. The van der Waals surface area contributed by atoms with Crippen LogP contribution in [0.4, 0.5) is 23.1 Å². The van der Waals surface area contributed by atoms with Crippen LogP contribution in [0.1, 0.15) is 26.3 Å². The number of nitrogens with one attached hydrogen (secondary N) is 1. The standard InChI is InChI=1S/C24H29N5/c1-24(2,3)19-9-11-20(12-10-19)26-22-13-14-25-23(27-22)29-17-15-28(16-18-29)21-7-5-4-6-8-21/h4-14H,15-18H2,1-3H3,(H,25,26,27). The highest BCUT2D eigenvalue weighted by molar-refractivity contribution is 5.58. The first-order valence-electron chi connectivity index (χ1n) is 10.2. The minimum Gasteiger partial charge on any atom is -0.368 e. The molecule has 0 radical (unpaired) electrons. The molecule has 29 heavy (non-hydrogen) atoms. The SMILES string of the molecule is CC(C)(C)c1ccc(Nc2ccnc(N3CCN(c4ccccc4)CC3)n2)cc1. The summed E-state index contributed by atoms with van der Waals surface area (Å²) >= 11 is 0. The Morgan fingerprint density at radius 2 is 1.45 bits per heavy atom. The maximum absolute atomic E-state index is 4.75. The van der Waals surface area contributed by atoms with Crippen molar-refractivity contribution >= 4 is 23.1 Å². The summed E-state index contributed by atoms with van der Waals surface area (Å²) in [5, 5.41) is 3.41. The second-order valence-corrected chi connectivity index (χ2v) is 8.50. The quantitative estimate of drug-likeness (QED) is 0.694. The van der Waals surface area contributed by atoms with Gasteiger partial charge < -0.3 is 15.1 Å².